The number of carbonyl (C=O) groups is 1. The highest BCUT2D eigenvalue weighted by Gasteiger charge is 2.31. The van der Waals surface area contributed by atoms with Gasteiger partial charge in [-0.25, -0.2) is 0 Å². The maximum atomic E-state index is 11.5. The number of hydrogen-bond acceptors (Lipinski definition) is 3. The number of nitrogen functional groups attached to an aromatic ring is 1. The summed E-state index contributed by atoms with van der Waals surface area (Å²) in [6.07, 6.45) is 3.87. The summed E-state index contributed by atoms with van der Waals surface area (Å²) in [5, 5.41) is 5.97. The second kappa shape index (κ2) is 4.88. The molecule has 2 rings (SSSR count). The average Bonchev–Trinajstić information content (AvgIpc) is 2.34. The largest absolute Gasteiger partial charge is 0.397 e. The molecule has 98 valence electrons. The number of carbonyl (C=O) groups excluding carboxylic acids is 1. The van der Waals surface area contributed by atoms with Gasteiger partial charge in [0, 0.05) is 19.2 Å². The van der Waals surface area contributed by atoms with Gasteiger partial charge in [-0.3, -0.25) is 4.79 Å². The zero-order valence-electron chi connectivity index (χ0n) is 11.0. The van der Waals surface area contributed by atoms with E-state index in [0.717, 1.165) is 12.2 Å². The van der Waals surface area contributed by atoms with Gasteiger partial charge in [0.25, 0.3) is 5.91 Å². The predicted molar refractivity (Wildman–Crippen MR) is 74.7 cm³/mol. The lowest BCUT2D eigenvalue weighted by atomic mass is 9.70. The lowest BCUT2D eigenvalue weighted by Crippen LogP contribution is -2.33. The Labute approximate surface area is 108 Å². The Morgan fingerprint density at radius 1 is 1.44 bits per heavy atom. The normalized spacial score (nSPS) is 16.8. The molecule has 0 bridgehead atoms. The first-order valence-corrected chi connectivity index (χ1v) is 6.40. The molecule has 0 atom stereocenters. The highest BCUT2D eigenvalue weighted by molar-refractivity contribution is 5.95. The fourth-order valence-corrected chi connectivity index (χ4v) is 2.28. The van der Waals surface area contributed by atoms with Crippen molar-refractivity contribution in [3.05, 3.63) is 23.8 Å². The van der Waals surface area contributed by atoms with E-state index in [1.54, 1.807) is 19.2 Å². The number of nitrogens with two attached hydrogens (primary N) is 1. The Balaban J connectivity index is 2.03. The molecule has 0 spiro atoms. The van der Waals surface area contributed by atoms with Crippen molar-refractivity contribution in [2.24, 2.45) is 5.41 Å². The molecule has 1 amide bonds. The van der Waals surface area contributed by atoms with Crippen LogP contribution in [0.25, 0.3) is 0 Å². The van der Waals surface area contributed by atoms with E-state index in [-0.39, 0.29) is 5.91 Å². The predicted octanol–water partition coefficient (Wildman–Crippen LogP) is 2.23. The minimum absolute atomic E-state index is 0.112. The third-order valence-electron chi connectivity index (χ3n) is 3.81. The minimum atomic E-state index is -0.112. The van der Waals surface area contributed by atoms with Crippen LogP contribution in [0.2, 0.25) is 0 Å². The summed E-state index contributed by atoms with van der Waals surface area (Å²) >= 11 is 0. The van der Waals surface area contributed by atoms with Crippen molar-refractivity contribution in [1.82, 2.24) is 5.32 Å². The molecule has 4 N–H and O–H groups in total. The molecule has 0 heterocycles. The highest BCUT2D eigenvalue weighted by atomic mass is 16.1. The molecule has 0 unspecified atom stereocenters. The second-order valence-corrected chi connectivity index (χ2v) is 5.40. The summed E-state index contributed by atoms with van der Waals surface area (Å²) in [5.41, 5.74) is 8.50. The fourth-order valence-electron chi connectivity index (χ4n) is 2.28. The van der Waals surface area contributed by atoms with Crippen LogP contribution < -0.4 is 16.4 Å². The van der Waals surface area contributed by atoms with Crippen LogP contribution in [0.1, 0.15) is 36.5 Å². The highest BCUT2D eigenvalue weighted by Crippen LogP contribution is 2.40. The Bertz CT molecular complexity index is 452. The third-order valence-corrected chi connectivity index (χ3v) is 3.81. The Morgan fingerprint density at radius 3 is 2.67 bits per heavy atom. The summed E-state index contributed by atoms with van der Waals surface area (Å²) in [5.74, 6) is -0.112. The van der Waals surface area contributed by atoms with Gasteiger partial charge in [-0.05, 0) is 36.5 Å². The van der Waals surface area contributed by atoms with Crippen LogP contribution in [-0.2, 0) is 0 Å². The molecule has 0 saturated heterocycles. The van der Waals surface area contributed by atoms with Gasteiger partial charge in [0.05, 0.1) is 11.4 Å². The van der Waals surface area contributed by atoms with Crippen molar-refractivity contribution in [2.75, 3.05) is 24.6 Å². The zero-order chi connectivity index (χ0) is 13.2. The fraction of sp³-hybridized carbons (Fsp3) is 0.500. The van der Waals surface area contributed by atoms with E-state index in [1.807, 2.05) is 6.07 Å². The Hall–Kier alpha value is -1.71. The molecule has 4 heteroatoms. The summed E-state index contributed by atoms with van der Waals surface area (Å²) in [6.45, 7) is 3.23. The van der Waals surface area contributed by atoms with Crippen LogP contribution >= 0.6 is 0 Å². The van der Waals surface area contributed by atoms with E-state index < -0.39 is 0 Å². The molecule has 4 nitrogen and oxygen atoms in total. The van der Waals surface area contributed by atoms with Crippen molar-refractivity contribution in [1.29, 1.82) is 0 Å². The van der Waals surface area contributed by atoms with Crippen molar-refractivity contribution in [3.63, 3.8) is 0 Å². The van der Waals surface area contributed by atoms with Crippen LogP contribution in [0.5, 0.6) is 0 Å². The first-order valence-electron chi connectivity index (χ1n) is 6.40. The van der Waals surface area contributed by atoms with Crippen molar-refractivity contribution >= 4 is 17.3 Å². The van der Waals surface area contributed by atoms with E-state index >= 15 is 0 Å². The van der Waals surface area contributed by atoms with E-state index in [4.69, 9.17) is 5.73 Å². The van der Waals surface area contributed by atoms with Crippen LogP contribution in [0, 0.1) is 5.41 Å². The lowest BCUT2D eigenvalue weighted by Gasteiger charge is -2.38. The van der Waals surface area contributed by atoms with Crippen LogP contribution in [-0.4, -0.2) is 19.5 Å². The average molecular weight is 247 g/mol. The number of anilines is 2. The topological polar surface area (TPSA) is 67.2 Å². The minimum Gasteiger partial charge on any atom is -0.397 e. The quantitative estimate of drug-likeness (QED) is 0.715. The van der Waals surface area contributed by atoms with Crippen LogP contribution in [0.4, 0.5) is 11.4 Å². The van der Waals surface area contributed by atoms with E-state index in [0.29, 0.717) is 16.7 Å². The van der Waals surface area contributed by atoms with Gasteiger partial charge in [0.15, 0.2) is 0 Å². The molecule has 1 aromatic carbocycles. The first kappa shape index (κ1) is 12.7. The monoisotopic (exact) mass is 247 g/mol. The smallest absolute Gasteiger partial charge is 0.251 e. The molecule has 0 aliphatic heterocycles. The SMILES string of the molecule is CNC(=O)c1ccc(NCC2(C)CCC2)c(N)c1. The van der Waals surface area contributed by atoms with Crippen molar-refractivity contribution in [2.45, 2.75) is 26.2 Å². The molecule has 1 aliphatic carbocycles. The Morgan fingerprint density at radius 2 is 2.17 bits per heavy atom. The maximum Gasteiger partial charge on any atom is 0.251 e. The van der Waals surface area contributed by atoms with Gasteiger partial charge in [0.2, 0.25) is 0 Å². The summed E-state index contributed by atoms with van der Waals surface area (Å²) < 4.78 is 0. The first-order chi connectivity index (χ1) is 8.54. The van der Waals surface area contributed by atoms with Crippen LogP contribution in [0.3, 0.4) is 0 Å². The van der Waals surface area contributed by atoms with Gasteiger partial charge in [-0.2, -0.15) is 0 Å². The third kappa shape index (κ3) is 2.58. The second-order valence-electron chi connectivity index (χ2n) is 5.40. The molecule has 1 aliphatic rings. The van der Waals surface area contributed by atoms with Crippen molar-refractivity contribution < 1.29 is 4.79 Å². The van der Waals surface area contributed by atoms with Gasteiger partial charge in [0.1, 0.15) is 0 Å². The van der Waals surface area contributed by atoms with Crippen LogP contribution in [0.15, 0.2) is 18.2 Å². The van der Waals surface area contributed by atoms with Gasteiger partial charge in [-0.1, -0.05) is 13.3 Å². The molecule has 1 saturated carbocycles. The summed E-state index contributed by atoms with van der Waals surface area (Å²) in [6, 6.07) is 5.38. The summed E-state index contributed by atoms with van der Waals surface area (Å²) in [4.78, 5) is 11.5. The number of amides is 1. The molecular formula is C14H21N3O. The zero-order valence-corrected chi connectivity index (χ0v) is 11.0. The molecular weight excluding hydrogens is 226 g/mol. The van der Waals surface area contributed by atoms with Gasteiger partial charge >= 0.3 is 0 Å². The van der Waals surface area contributed by atoms with E-state index in [9.17, 15) is 4.79 Å². The number of rotatable bonds is 4. The standard InChI is InChI=1S/C14H21N3O/c1-14(6-3-7-14)9-17-12-5-4-10(8-11(12)15)13(18)16-2/h4-5,8,17H,3,6-7,9,15H2,1-2H3,(H,16,18). The van der Waals surface area contributed by atoms with E-state index in [1.165, 1.54) is 19.3 Å². The number of hydrogen-bond donors (Lipinski definition) is 3. The number of benzene rings is 1. The van der Waals surface area contributed by atoms with Crippen molar-refractivity contribution in [3.8, 4) is 0 Å². The Kier molecular flexibility index (Phi) is 3.45. The van der Waals surface area contributed by atoms with Gasteiger partial charge in [-0.15, -0.1) is 0 Å². The van der Waals surface area contributed by atoms with E-state index in [2.05, 4.69) is 17.6 Å². The van der Waals surface area contributed by atoms with Gasteiger partial charge < -0.3 is 16.4 Å². The molecule has 1 fully saturated rings. The maximum absolute atomic E-state index is 11.5. The molecule has 18 heavy (non-hydrogen) atoms. The number of nitrogens with one attached hydrogen (secondary N) is 2. The molecule has 0 radical (unpaired) electrons. The lowest BCUT2D eigenvalue weighted by molar-refractivity contribution is 0.0963. The molecule has 1 aromatic rings. The summed E-state index contributed by atoms with van der Waals surface area (Å²) in [7, 11) is 1.61. The molecule has 0 aromatic heterocycles.